The van der Waals surface area contributed by atoms with Crippen molar-refractivity contribution >= 4 is 11.4 Å². The van der Waals surface area contributed by atoms with E-state index in [1.54, 1.807) is 10.6 Å². The molecule has 2 N–H and O–H groups in total. The van der Waals surface area contributed by atoms with Crippen LogP contribution in [0.1, 0.15) is 0 Å². The minimum atomic E-state index is -0.484. The number of aromatic nitrogens is 1. The smallest absolute Gasteiger partial charge is 0.298 e. The molecule has 0 aliphatic rings. The number of nitro groups is 1. The van der Waals surface area contributed by atoms with Crippen LogP contribution in [0.3, 0.4) is 0 Å². The van der Waals surface area contributed by atoms with Crippen molar-refractivity contribution in [1.29, 1.82) is 0 Å². The number of hydrogen-bond donors (Lipinski definition) is 1. The van der Waals surface area contributed by atoms with E-state index in [0.717, 1.165) is 0 Å². The van der Waals surface area contributed by atoms with Gasteiger partial charge in [0.25, 0.3) is 5.69 Å². The van der Waals surface area contributed by atoms with E-state index in [4.69, 9.17) is 5.73 Å². The Bertz CT molecular complexity index is 526. The van der Waals surface area contributed by atoms with Gasteiger partial charge in [-0.1, -0.05) is 6.07 Å². The van der Waals surface area contributed by atoms with Crippen molar-refractivity contribution < 1.29 is 9.49 Å². The quantitative estimate of drug-likeness (QED) is 0.357. The lowest BCUT2D eigenvalue weighted by molar-refractivity contribution is -0.596. The van der Waals surface area contributed by atoms with Gasteiger partial charge in [0.2, 0.25) is 5.69 Å². The van der Waals surface area contributed by atoms with E-state index < -0.39 is 4.92 Å². The number of pyridine rings is 1. The maximum atomic E-state index is 10.7. The van der Waals surface area contributed by atoms with Crippen LogP contribution in [0, 0.1) is 10.1 Å². The molecule has 0 fully saturated rings. The number of anilines is 1. The van der Waals surface area contributed by atoms with E-state index in [0.29, 0.717) is 5.69 Å². The van der Waals surface area contributed by atoms with Crippen molar-refractivity contribution in [3.63, 3.8) is 0 Å². The Morgan fingerprint density at radius 3 is 2.50 bits per heavy atom. The minimum Gasteiger partial charge on any atom is -0.393 e. The Morgan fingerprint density at radius 1 is 1.19 bits per heavy atom. The highest BCUT2D eigenvalue weighted by Crippen LogP contribution is 2.21. The topological polar surface area (TPSA) is 73.0 Å². The molecule has 0 aliphatic carbocycles. The van der Waals surface area contributed by atoms with Gasteiger partial charge in [-0.3, -0.25) is 10.1 Å². The Kier molecular flexibility index (Phi) is 2.51. The van der Waals surface area contributed by atoms with Gasteiger partial charge < -0.3 is 5.73 Å². The largest absolute Gasteiger partial charge is 0.393 e. The van der Waals surface area contributed by atoms with Crippen molar-refractivity contribution in [3.05, 3.63) is 58.9 Å². The zero-order chi connectivity index (χ0) is 11.5. The third kappa shape index (κ3) is 1.83. The SMILES string of the molecule is Nc1ccc(-[n+]2ccccc2)cc1[N+](=O)[O-]. The summed E-state index contributed by atoms with van der Waals surface area (Å²) >= 11 is 0. The molecular formula is C11H10N3O2+. The molecule has 1 aromatic heterocycles. The second kappa shape index (κ2) is 3.98. The van der Waals surface area contributed by atoms with Crippen LogP contribution in [0.25, 0.3) is 5.69 Å². The second-order valence-electron chi connectivity index (χ2n) is 3.28. The van der Waals surface area contributed by atoms with Gasteiger partial charge in [0, 0.05) is 18.2 Å². The molecular weight excluding hydrogens is 206 g/mol. The molecule has 1 heterocycles. The van der Waals surface area contributed by atoms with E-state index in [1.165, 1.54) is 12.1 Å². The molecule has 0 amide bonds. The first kappa shape index (κ1) is 10.1. The molecule has 0 atom stereocenters. The highest BCUT2D eigenvalue weighted by molar-refractivity contribution is 5.60. The highest BCUT2D eigenvalue weighted by atomic mass is 16.6. The van der Waals surface area contributed by atoms with E-state index >= 15 is 0 Å². The van der Waals surface area contributed by atoms with Gasteiger partial charge in [0.05, 0.1) is 11.0 Å². The Labute approximate surface area is 91.9 Å². The van der Waals surface area contributed by atoms with Gasteiger partial charge in [0.15, 0.2) is 12.4 Å². The van der Waals surface area contributed by atoms with Crippen LogP contribution in [0.5, 0.6) is 0 Å². The molecule has 5 heteroatoms. The van der Waals surface area contributed by atoms with Gasteiger partial charge in [-0.2, -0.15) is 4.57 Å². The molecule has 1 aromatic carbocycles. The molecule has 0 radical (unpaired) electrons. The summed E-state index contributed by atoms with van der Waals surface area (Å²) < 4.78 is 1.78. The van der Waals surface area contributed by atoms with Crippen molar-refractivity contribution in [2.24, 2.45) is 0 Å². The molecule has 16 heavy (non-hydrogen) atoms. The number of nitro benzene ring substituents is 1. The van der Waals surface area contributed by atoms with Gasteiger partial charge in [-0.25, -0.2) is 0 Å². The Hall–Kier alpha value is -2.43. The van der Waals surface area contributed by atoms with Crippen LogP contribution in [0.2, 0.25) is 0 Å². The first-order valence-electron chi connectivity index (χ1n) is 4.69. The number of hydrogen-bond acceptors (Lipinski definition) is 3. The van der Waals surface area contributed by atoms with Crippen LogP contribution in [0.15, 0.2) is 48.8 Å². The van der Waals surface area contributed by atoms with Crippen molar-refractivity contribution in [2.45, 2.75) is 0 Å². The number of rotatable bonds is 2. The third-order valence-electron chi connectivity index (χ3n) is 2.22. The molecule has 0 unspecified atom stereocenters. The summed E-state index contributed by atoms with van der Waals surface area (Å²) in [5.41, 5.74) is 6.32. The Morgan fingerprint density at radius 2 is 1.88 bits per heavy atom. The summed E-state index contributed by atoms with van der Waals surface area (Å²) in [6, 6.07) is 10.3. The molecule has 80 valence electrons. The molecule has 2 aromatic rings. The average molecular weight is 216 g/mol. The van der Waals surface area contributed by atoms with Crippen LogP contribution >= 0.6 is 0 Å². The third-order valence-corrected chi connectivity index (χ3v) is 2.22. The Balaban J connectivity index is 2.52. The average Bonchev–Trinajstić information content (AvgIpc) is 2.30. The molecule has 0 saturated carbocycles. The summed E-state index contributed by atoms with van der Waals surface area (Å²) in [5.74, 6) is 0. The van der Waals surface area contributed by atoms with Gasteiger partial charge in [-0.05, 0) is 6.07 Å². The first-order valence-corrected chi connectivity index (χ1v) is 4.69. The minimum absolute atomic E-state index is 0.0751. The van der Waals surface area contributed by atoms with Crippen LogP contribution in [0.4, 0.5) is 11.4 Å². The number of nitrogen functional groups attached to an aromatic ring is 1. The van der Waals surface area contributed by atoms with Gasteiger partial charge in [-0.15, -0.1) is 0 Å². The molecule has 5 nitrogen and oxygen atoms in total. The summed E-state index contributed by atoms with van der Waals surface area (Å²) in [4.78, 5) is 10.2. The van der Waals surface area contributed by atoms with Crippen LogP contribution in [-0.2, 0) is 0 Å². The van der Waals surface area contributed by atoms with Crippen molar-refractivity contribution in [2.75, 3.05) is 5.73 Å². The number of nitrogens with two attached hydrogens (primary N) is 1. The van der Waals surface area contributed by atoms with Crippen LogP contribution < -0.4 is 10.3 Å². The van der Waals surface area contributed by atoms with Gasteiger partial charge >= 0.3 is 0 Å². The maximum Gasteiger partial charge on any atom is 0.298 e. The maximum absolute atomic E-state index is 10.7. The number of benzene rings is 1. The normalized spacial score (nSPS) is 10.0. The number of nitrogens with zero attached hydrogens (tertiary/aromatic N) is 2. The second-order valence-corrected chi connectivity index (χ2v) is 3.28. The predicted octanol–water partition coefficient (Wildman–Crippen LogP) is 1.45. The standard InChI is InChI=1S/C11H10N3O2/c12-10-5-4-9(8-11(10)14(15)16)13-6-2-1-3-7-13/h1-8H,12H2/q+1. The van der Waals surface area contributed by atoms with E-state index in [1.807, 2.05) is 30.6 Å². The van der Waals surface area contributed by atoms with Gasteiger partial charge in [0.1, 0.15) is 5.69 Å². The fraction of sp³-hybridized carbons (Fsp3) is 0. The molecule has 0 bridgehead atoms. The molecule has 0 spiro atoms. The summed E-state index contributed by atoms with van der Waals surface area (Å²) in [5, 5.41) is 10.7. The molecule has 2 rings (SSSR count). The summed E-state index contributed by atoms with van der Waals surface area (Å²) in [6.45, 7) is 0. The summed E-state index contributed by atoms with van der Waals surface area (Å²) in [6.07, 6.45) is 3.63. The van der Waals surface area contributed by atoms with Crippen molar-refractivity contribution in [1.82, 2.24) is 0 Å². The molecule has 0 saturated heterocycles. The lowest BCUT2D eigenvalue weighted by atomic mass is 10.2. The fourth-order valence-electron chi connectivity index (χ4n) is 1.42. The van der Waals surface area contributed by atoms with E-state index in [-0.39, 0.29) is 11.4 Å². The molecule has 0 aliphatic heterocycles. The van der Waals surface area contributed by atoms with Crippen molar-refractivity contribution in [3.8, 4) is 5.69 Å². The monoisotopic (exact) mass is 216 g/mol. The fourth-order valence-corrected chi connectivity index (χ4v) is 1.42. The predicted molar refractivity (Wildman–Crippen MR) is 59.0 cm³/mol. The first-order chi connectivity index (χ1) is 7.68. The summed E-state index contributed by atoms with van der Waals surface area (Å²) in [7, 11) is 0. The highest BCUT2D eigenvalue weighted by Gasteiger charge is 2.15. The van der Waals surface area contributed by atoms with Crippen LogP contribution in [-0.4, -0.2) is 4.92 Å². The van der Waals surface area contributed by atoms with E-state index in [9.17, 15) is 10.1 Å². The lowest BCUT2D eigenvalue weighted by Gasteiger charge is -1.98. The lowest BCUT2D eigenvalue weighted by Crippen LogP contribution is -2.28. The zero-order valence-corrected chi connectivity index (χ0v) is 8.41. The van der Waals surface area contributed by atoms with E-state index in [2.05, 4.69) is 0 Å². The zero-order valence-electron chi connectivity index (χ0n) is 8.41.